The molecule has 2 fully saturated rings. The zero-order valence-corrected chi connectivity index (χ0v) is 18.3. The van der Waals surface area contributed by atoms with Gasteiger partial charge in [-0.2, -0.15) is 0 Å². The number of hydrogen-bond acceptors (Lipinski definition) is 5. The highest BCUT2D eigenvalue weighted by Gasteiger charge is 2.54. The minimum atomic E-state index is -3.82. The Kier molecular flexibility index (Phi) is 6.22. The number of sulfone groups is 1. The molecule has 3 rings (SSSR count). The summed E-state index contributed by atoms with van der Waals surface area (Å²) in [7, 11) is -3.82. The first-order valence-corrected chi connectivity index (χ1v) is 11.7. The molecule has 0 N–H and O–H groups in total. The van der Waals surface area contributed by atoms with Gasteiger partial charge in [-0.3, -0.25) is 4.79 Å². The van der Waals surface area contributed by atoms with E-state index < -0.39 is 20.7 Å². The van der Waals surface area contributed by atoms with E-state index in [0.29, 0.717) is 45.6 Å². The van der Waals surface area contributed by atoms with Crippen LogP contribution in [0, 0.1) is 13.8 Å². The van der Waals surface area contributed by atoms with Crippen molar-refractivity contribution in [3.8, 4) is 0 Å². The molecule has 1 aliphatic carbocycles. The van der Waals surface area contributed by atoms with Gasteiger partial charge in [-0.15, -0.1) is 0 Å². The first-order chi connectivity index (χ1) is 13.7. The molecule has 7 nitrogen and oxygen atoms in total. The van der Waals surface area contributed by atoms with Crippen molar-refractivity contribution in [1.82, 2.24) is 9.80 Å². The number of amides is 2. The van der Waals surface area contributed by atoms with Gasteiger partial charge >= 0.3 is 6.09 Å². The number of carbonyl (C=O) groups excluding carboxylic acids is 2. The molecule has 1 aromatic rings. The summed E-state index contributed by atoms with van der Waals surface area (Å²) in [6.07, 6.45) is 1.74. The number of aryl methyl sites for hydroxylation is 2. The van der Waals surface area contributed by atoms with Crippen LogP contribution in [-0.4, -0.2) is 67.8 Å². The van der Waals surface area contributed by atoms with Crippen LogP contribution in [0.25, 0.3) is 0 Å². The van der Waals surface area contributed by atoms with Gasteiger partial charge in [-0.05, 0) is 56.9 Å². The summed E-state index contributed by atoms with van der Waals surface area (Å²) in [5.74, 6) is -0.322. The molecule has 1 heterocycles. The van der Waals surface area contributed by atoms with Crippen LogP contribution >= 0.6 is 0 Å². The van der Waals surface area contributed by atoms with E-state index in [-0.39, 0.29) is 10.8 Å². The third-order valence-electron chi connectivity index (χ3n) is 6.20. The maximum atomic E-state index is 13.6. The Hall–Kier alpha value is -2.09. The van der Waals surface area contributed by atoms with E-state index in [4.69, 9.17) is 4.74 Å². The smallest absolute Gasteiger partial charge is 0.409 e. The van der Waals surface area contributed by atoms with E-state index >= 15 is 0 Å². The lowest BCUT2D eigenvalue weighted by atomic mass is 10.0. The van der Waals surface area contributed by atoms with Gasteiger partial charge in [-0.1, -0.05) is 18.9 Å². The SMILES string of the molecule is CCOC(=O)N1CCN(C(=O)C2(S(=O)(=O)c3ccc(C)c(C)c3)CCCC2)CC1. The first kappa shape index (κ1) is 21.6. The van der Waals surface area contributed by atoms with Crippen LogP contribution in [-0.2, 0) is 19.4 Å². The van der Waals surface area contributed by atoms with Gasteiger partial charge in [0.05, 0.1) is 11.5 Å². The zero-order chi connectivity index (χ0) is 21.2. The average Bonchev–Trinajstić information content (AvgIpc) is 3.21. The molecule has 0 unspecified atom stereocenters. The van der Waals surface area contributed by atoms with Crippen LogP contribution < -0.4 is 0 Å². The largest absolute Gasteiger partial charge is 0.450 e. The van der Waals surface area contributed by atoms with Crippen LogP contribution in [0.2, 0.25) is 0 Å². The maximum Gasteiger partial charge on any atom is 0.409 e. The highest BCUT2D eigenvalue weighted by molar-refractivity contribution is 7.93. The standard InChI is InChI=1S/C21H30N2O5S/c1-4-28-20(25)23-13-11-22(12-14-23)19(24)21(9-5-6-10-21)29(26,27)18-8-7-16(2)17(3)15-18/h7-8,15H,4-6,9-14H2,1-3H3. The number of piperazine rings is 1. The molecular formula is C21H30N2O5S. The molecule has 0 bridgehead atoms. The van der Waals surface area contributed by atoms with E-state index in [2.05, 4.69) is 0 Å². The highest BCUT2D eigenvalue weighted by Crippen LogP contribution is 2.42. The minimum absolute atomic E-state index is 0.223. The lowest BCUT2D eigenvalue weighted by molar-refractivity contribution is -0.135. The number of carbonyl (C=O) groups is 2. The van der Waals surface area contributed by atoms with Gasteiger partial charge in [0.25, 0.3) is 0 Å². The molecule has 29 heavy (non-hydrogen) atoms. The van der Waals surface area contributed by atoms with Gasteiger partial charge in [0, 0.05) is 26.2 Å². The second-order valence-corrected chi connectivity index (χ2v) is 10.2. The predicted octanol–water partition coefficient (Wildman–Crippen LogP) is 2.69. The Bertz CT molecular complexity index is 882. The zero-order valence-electron chi connectivity index (χ0n) is 17.4. The summed E-state index contributed by atoms with van der Waals surface area (Å²) in [6.45, 7) is 7.21. The van der Waals surface area contributed by atoms with Crippen molar-refractivity contribution in [2.75, 3.05) is 32.8 Å². The second-order valence-electron chi connectivity index (χ2n) is 7.93. The van der Waals surface area contributed by atoms with Crippen molar-refractivity contribution in [3.63, 3.8) is 0 Å². The van der Waals surface area contributed by atoms with Crippen molar-refractivity contribution >= 4 is 21.8 Å². The molecule has 0 atom stereocenters. The number of hydrogen-bond donors (Lipinski definition) is 0. The van der Waals surface area contributed by atoms with Crippen molar-refractivity contribution in [2.45, 2.75) is 56.1 Å². The van der Waals surface area contributed by atoms with Gasteiger partial charge in [0.15, 0.2) is 14.6 Å². The van der Waals surface area contributed by atoms with Crippen molar-refractivity contribution in [1.29, 1.82) is 0 Å². The Morgan fingerprint density at radius 2 is 1.59 bits per heavy atom. The van der Waals surface area contributed by atoms with E-state index in [1.807, 2.05) is 13.8 Å². The van der Waals surface area contributed by atoms with Crippen LogP contribution in [0.3, 0.4) is 0 Å². The average molecular weight is 423 g/mol. The summed E-state index contributed by atoms with van der Waals surface area (Å²) in [6, 6.07) is 5.09. The Morgan fingerprint density at radius 3 is 2.14 bits per heavy atom. The highest BCUT2D eigenvalue weighted by atomic mass is 32.2. The molecule has 0 radical (unpaired) electrons. The van der Waals surface area contributed by atoms with Gasteiger partial charge in [0.2, 0.25) is 5.91 Å². The fraction of sp³-hybridized carbons (Fsp3) is 0.619. The van der Waals surface area contributed by atoms with E-state index in [0.717, 1.165) is 24.0 Å². The summed E-state index contributed by atoms with van der Waals surface area (Å²) in [4.78, 5) is 28.8. The number of rotatable bonds is 4. The minimum Gasteiger partial charge on any atom is -0.450 e. The summed E-state index contributed by atoms with van der Waals surface area (Å²) >= 11 is 0. The second kappa shape index (κ2) is 8.34. The van der Waals surface area contributed by atoms with Crippen molar-refractivity contribution in [3.05, 3.63) is 29.3 Å². The van der Waals surface area contributed by atoms with E-state index in [1.54, 1.807) is 34.9 Å². The first-order valence-electron chi connectivity index (χ1n) is 10.3. The fourth-order valence-corrected chi connectivity index (χ4v) is 6.46. The Morgan fingerprint density at radius 1 is 1.00 bits per heavy atom. The maximum absolute atomic E-state index is 13.6. The number of ether oxygens (including phenoxy) is 1. The molecule has 8 heteroatoms. The van der Waals surface area contributed by atoms with Crippen LogP contribution in [0.5, 0.6) is 0 Å². The van der Waals surface area contributed by atoms with Crippen molar-refractivity contribution in [2.24, 2.45) is 0 Å². The fourth-order valence-electron chi connectivity index (χ4n) is 4.25. The van der Waals surface area contributed by atoms with Crippen LogP contribution in [0.15, 0.2) is 23.1 Å². The molecule has 1 saturated carbocycles. The number of nitrogens with zero attached hydrogens (tertiary/aromatic N) is 2. The van der Waals surface area contributed by atoms with Gasteiger partial charge < -0.3 is 14.5 Å². The lowest BCUT2D eigenvalue weighted by Crippen LogP contribution is -2.58. The summed E-state index contributed by atoms with van der Waals surface area (Å²) in [5.41, 5.74) is 1.92. The van der Waals surface area contributed by atoms with Crippen LogP contribution in [0.4, 0.5) is 4.79 Å². The monoisotopic (exact) mass is 422 g/mol. The van der Waals surface area contributed by atoms with Gasteiger partial charge in [-0.25, -0.2) is 13.2 Å². The Labute approximate surface area is 172 Å². The predicted molar refractivity (Wildman–Crippen MR) is 109 cm³/mol. The molecule has 160 valence electrons. The topological polar surface area (TPSA) is 84.0 Å². The molecule has 1 aromatic carbocycles. The quantitative estimate of drug-likeness (QED) is 0.745. The molecule has 2 aliphatic rings. The van der Waals surface area contributed by atoms with Crippen molar-refractivity contribution < 1.29 is 22.7 Å². The van der Waals surface area contributed by atoms with E-state index in [1.165, 1.54) is 0 Å². The van der Waals surface area contributed by atoms with E-state index in [9.17, 15) is 18.0 Å². The Balaban J connectivity index is 1.84. The molecule has 0 aromatic heterocycles. The normalized spacial score (nSPS) is 19.3. The molecular weight excluding hydrogens is 392 g/mol. The third kappa shape index (κ3) is 3.86. The van der Waals surface area contributed by atoms with Crippen LogP contribution in [0.1, 0.15) is 43.7 Å². The molecule has 2 amide bonds. The number of benzene rings is 1. The molecule has 1 aliphatic heterocycles. The molecule has 0 spiro atoms. The third-order valence-corrected chi connectivity index (χ3v) is 8.68. The molecule has 1 saturated heterocycles. The van der Waals surface area contributed by atoms with Gasteiger partial charge in [0.1, 0.15) is 0 Å². The lowest BCUT2D eigenvalue weighted by Gasteiger charge is -2.39. The summed E-state index contributed by atoms with van der Waals surface area (Å²) in [5, 5.41) is 0. The summed E-state index contributed by atoms with van der Waals surface area (Å²) < 4.78 is 30.9.